The molecule has 146 valence electrons. The van der Waals surface area contributed by atoms with Crippen LogP contribution in [-0.4, -0.2) is 35.3 Å². The summed E-state index contributed by atoms with van der Waals surface area (Å²) < 4.78 is 0. The average molecular weight is 377 g/mol. The van der Waals surface area contributed by atoms with Gasteiger partial charge in [0.25, 0.3) is 0 Å². The first-order chi connectivity index (χ1) is 13.6. The van der Waals surface area contributed by atoms with Crippen LogP contribution in [0.3, 0.4) is 0 Å². The van der Waals surface area contributed by atoms with Crippen LogP contribution in [0, 0.1) is 6.92 Å². The van der Waals surface area contributed by atoms with Gasteiger partial charge in [-0.1, -0.05) is 54.0 Å². The minimum atomic E-state index is -0.265. The second-order valence-electron chi connectivity index (χ2n) is 7.83. The van der Waals surface area contributed by atoms with Gasteiger partial charge in [0.2, 0.25) is 0 Å². The molecule has 2 aromatic carbocycles. The minimum Gasteiger partial charge on any atom is -0.388 e. The Morgan fingerprint density at radius 2 is 1.93 bits per heavy atom. The monoisotopic (exact) mass is 377 g/mol. The van der Waals surface area contributed by atoms with Gasteiger partial charge in [0.15, 0.2) is 0 Å². The number of amides is 2. The fourth-order valence-electron chi connectivity index (χ4n) is 3.88. The van der Waals surface area contributed by atoms with Crippen LogP contribution in [0.5, 0.6) is 0 Å². The van der Waals surface area contributed by atoms with Crippen LogP contribution in [0.25, 0.3) is 0 Å². The number of likely N-dealkylation sites (tertiary alicyclic amines) is 1. The number of benzene rings is 2. The molecule has 1 fully saturated rings. The number of aryl methyl sites for hydroxylation is 2. The number of piperidine rings is 1. The number of rotatable bonds is 3. The molecule has 2 aliphatic heterocycles. The molecule has 0 saturated carbocycles. The third-order valence-electron chi connectivity index (χ3n) is 5.77. The summed E-state index contributed by atoms with van der Waals surface area (Å²) in [7, 11) is 0. The van der Waals surface area contributed by atoms with Gasteiger partial charge in [0.1, 0.15) is 5.60 Å². The Labute approximate surface area is 166 Å². The number of oxime groups is 1. The molecule has 1 spiro atoms. The van der Waals surface area contributed by atoms with Gasteiger partial charge in [0.05, 0.1) is 5.71 Å². The fourth-order valence-corrected chi connectivity index (χ4v) is 3.88. The van der Waals surface area contributed by atoms with Gasteiger partial charge in [-0.25, -0.2) is 4.79 Å². The van der Waals surface area contributed by atoms with E-state index in [2.05, 4.69) is 54.7 Å². The molecule has 0 radical (unpaired) electrons. The Morgan fingerprint density at radius 1 is 1.18 bits per heavy atom. The maximum absolute atomic E-state index is 12.6. The SMILES string of the molecule is CCc1cccc(NC(=O)N2CCC3(CC2)CC(c2ccc(C)cc2)=NO3)c1. The lowest BCUT2D eigenvalue weighted by atomic mass is 9.85. The molecule has 4 rings (SSSR count). The Bertz CT molecular complexity index is 881. The highest BCUT2D eigenvalue weighted by Crippen LogP contribution is 2.36. The summed E-state index contributed by atoms with van der Waals surface area (Å²) in [5, 5.41) is 7.39. The highest BCUT2D eigenvalue weighted by atomic mass is 16.7. The quantitative estimate of drug-likeness (QED) is 0.839. The zero-order valence-corrected chi connectivity index (χ0v) is 16.6. The molecule has 0 aromatic heterocycles. The molecule has 0 aliphatic carbocycles. The van der Waals surface area contributed by atoms with Crippen molar-refractivity contribution in [3.63, 3.8) is 0 Å². The van der Waals surface area contributed by atoms with E-state index in [0.29, 0.717) is 13.1 Å². The highest BCUT2D eigenvalue weighted by Gasteiger charge is 2.43. The molecule has 0 unspecified atom stereocenters. The van der Waals surface area contributed by atoms with Crippen molar-refractivity contribution in [3.8, 4) is 0 Å². The van der Waals surface area contributed by atoms with Crippen LogP contribution in [-0.2, 0) is 11.3 Å². The smallest absolute Gasteiger partial charge is 0.321 e. The lowest BCUT2D eigenvalue weighted by molar-refractivity contribution is -0.0544. The van der Waals surface area contributed by atoms with Crippen LogP contribution < -0.4 is 5.32 Å². The summed E-state index contributed by atoms with van der Waals surface area (Å²) in [6.07, 6.45) is 3.36. The Kier molecular flexibility index (Phi) is 5.07. The number of nitrogens with one attached hydrogen (secondary N) is 1. The molecule has 5 heteroatoms. The third-order valence-corrected chi connectivity index (χ3v) is 5.77. The summed E-state index contributed by atoms with van der Waals surface area (Å²) in [5.74, 6) is 0. The molecule has 2 heterocycles. The Hall–Kier alpha value is -2.82. The molecule has 0 bridgehead atoms. The summed E-state index contributed by atoms with van der Waals surface area (Å²) in [6, 6.07) is 16.4. The van der Waals surface area contributed by atoms with E-state index >= 15 is 0 Å². The van der Waals surface area contributed by atoms with E-state index in [0.717, 1.165) is 42.6 Å². The standard InChI is InChI=1S/C23H27N3O2/c1-3-18-5-4-6-20(15-18)24-22(27)26-13-11-23(12-14-26)16-21(25-28-23)19-9-7-17(2)8-10-19/h4-10,15H,3,11-14,16H2,1-2H3,(H,24,27). The maximum Gasteiger partial charge on any atom is 0.321 e. The van der Waals surface area contributed by atoms with Crippen molar-refractivity contribution in [2.45, 2.75) is 45.1 Å². The maximum atomic E-state index is 12.6. The van der Waals surface area contributed by atoms with Gasteiger partial charge in [-0.15, -0.1) is 0 Å². The first kappa shape index (κ1) is 18.5. The van der Waals surface area contributed by atoms with Crippen molar-refractivity contribution in [2.24, 2.45) is 5.16 Å². The van der Waals surface area contributed by atoms with Gasteiger partial charge in [-0.3, -0.25) is 0 Å². The molecule has 2 aromatic rings. The number of carbonyl (C=O) groups is 1. The molecule has 1 N–H and O–H groups in total. The topological polar surface area (TPSA) is 53.9 Å². The van der Waals surface area contributed by atoms with Crippen molar-refractivity contribution in [1.82, 2.24) is 4.90 Å². The molecule has 5 nitrogen and oxygen atoms in total. The molecular weight excluding hydrogens is 350 g/mol. The van der Waals surface area contributed by atoms with Crippen molar-refractivity contribution < 1.29 is 9.63 Å². The van der Waals surface area contributed by atoms with Crippen LogP contribution in [0.15, 0.2) is 53.7 Å². The number of nitrogens with zero attached hydrogens (tertiary/aromatic N) is 2. The van der Waals surface area contributed by atoms with Crippen LogP contribution in [0.2, 0.25) is 0 Å². The van der Waals surface area contributed by atoms with E-state index in [1.807, 2.05) is 23.1 Å². The third kappa shape index (κ3) is 3.88. The summed E-state index contributed by atoms with van der Waals surface area (Å²) in [6.45, 7) is 5.54. The predicted molar refractivity (Wildman–Crippen MR) is 112 cm³/mol. The Balaban J connectivity index is 1.33. The van der Waals surface area contributed by atoms with E-state index in [-0.39, 0.29) is 11.6 Å². The number of urea groups is 1. The number of carbonyl (C=O) groups excluding carboxylic acids is 1. The summed E-state index contributed by atoms with van der Waals surface area (Å²) >= 11 is 0. The normalized spacial score (nSPS) is 17.9. The second kappa shape index (κ2) is 7.66. The van der Waals surface area contributed by atoms with Gasteiger partial charge in [0, 0.05) is 38.0 Å². The number of hydrogen-bond acceptors (Lipinski definition) is 3. The second-order valence-corrected chi connectivity index (χ2v) is 7.83. The molecule has 2 amide bonds. The van der Waals surface area contributed by atoms with Crippen LogP contribution in [0.4, 0.5) is 10.5 Å². The summed E-state index contributed by atoms with van der Waals surface area (Å²) in [4.78, 5) is 20.4. The van der Waals surface area contributed by atoms with E-state index < -0.39 is 0 Å². The minimum absolute atomic E-state index is 0.0409. The summed E-state index contributed by atoms with van der Waals surface area (Å²) in [5.41, 5.74) is 5.18. The van der Waals surface area contributed by atoms with Gasteiger partial charge in [-0.05, 0) is 36.6 Å². The Morgan fingerprint density at radius 3 is 2.64 bits per heavy atom. The van der Waals surface area contributed by atoms with E-state index in [9.17, 15) is 4.79 Å². The number of hydrogen-bond donors (Lipinski definition) is 1. The van der Waals surface area contributed by atoms with E-state index in [1.165, 1.54) is 11.1 Å². The predicted octanol–water partition coefficient (Wildman–Crippen LogP) is 4.75. The van der Waals surface area contributed by atoms with Crippen LogP contribution in [0.1, 0.15) is 42.9 Å². The molecule has 28 heavy (non-hydrogen) atoms. The molecule has 2 aliphatic rings. The van der Waals surface area contributed by atoms with Gasteiger partial charge < -0.3 is 15.1 Å². The largest absolute Gasteiger partial charge is 0.388 e. The van der Waals surface area contributed by atoms with E-state index in [1.54, 1.807) is 0 Å². The first-order valence-electron chi connectivity index (χ1n) is 10.0. The van der Waals surface area contributed by atoms with Crippen molar-refractivity contribution in [3.05, 3.63) is 65.2 Å². The first-order valence-corrected chi connectivity index (χ1v) is 10.0. The molecular formula is C23H27N3O2. The van der Waals surface area contributed by atoms with Crippen molar-refractivity contribution in [2.75, 3.05) is 18.4 Å². The zero-order chi connectivity index (χ0) is 19.6. The fraction of sp³-hybridized carbons (Fsp3) is 0.391. The van der Waals surface area contributed by atoms with Gasteiger partial charge >= 0.3 is 6.03 Å². The number of anilines is 1. The van der Waals surface area contributed by atoms with Crippen molar-refractivity contribution >= 4 is 17.4 Å². The lowest BCUT2D eigenvalue weighted by Gasteiger charge is -2.37. The highest BCUT2D eigenvalue weighted by molar-refractivity contribution is 6.01. The van der Waals surface area contributed by atoms with Gasteiger partial charge in [-0.2, -0.15) is 0 Å². The van der Waals surface area contributed by atoms with Crippen molar-refractivity contribution in [1.29, 1.82) is 0 Å². The zero-order valence-electron chi connectivity index (χ0n) is 16.6. The molecule has 1 saturated heterocycles. The lowest BCUT2D eigenvalue weighted by Crippen LogP contribution is -2.48. The van der Waals surface area contributed by atoms with E-state index in [4.69, 9.17) is 4.84 Å². The molecule has 0 atom stereocenters. The average Bonchev–Trinajstić information content (AvgIpc) is 3.12. The van der Waals surface area contributed by atoms with Crippen LogP contribution >= 0.6 is 0 Å².